The van der Waals surface area contributed by atoms with Crippen LogP contribution in [0.15, 0.2) is 24.8 Å². The van der Waals surface area contributed by atoms with Crippen LogP contribution in [0.4, 0.5) is 5.69 Å². The van der Waals surface area contributed by atoms with E-state index in [9.17, 15) is 0 Å². The summed E-state index contributed by atoms with van der Waals surface area (Å²) >= 11 is 0. The number of nitrogens with one attached hydrogen (secondary N) is 1. The normalized spacial score (nSPS) is 20.2. The smallest absolute Gasteiger partial charge is 0.0389 e. The van der Waals surface area contributed by atoms with Gasteiger partial charge in [0.25, 0.3) is 0 Å². The maximum Gasteiger partial charge on any atom is 0.0389 e. The first-order valence-corrected chi connectivity index (χ1v) is 4.57. The third kappa shape index (κ3) is 1.45. The third-order valence-corrected chi connectivity index (χ3v) is 2.48. The van der Waals surface area contributed by atoms with Crippen LogP contribution in [-0.4, -0.2) is 6.54 Å². The van der Waals surface area contributed by atoms with E-state index in [1.807, 2.05) is 6.08 Å². The minimum absolute atomic E-state index is 0.177. The monoisotopic (exact) mass is 174 g/mol. The summed E-state index contributed by atoms with van der Waals surface area (Å²) in [6.07, 6.45) is 2.86. The van der Waals surface area contributed by atoms with Gasteiger partial charge in [-0.1, -0.05) is 18.7 Å². The molecule has 1 atom stereocenters. The molecule has 68 valence electrons. The first kappa shape index (κ1) is 8.32. The summed E-state index contributed by atoms with van der Waals surface area (Å²) in [7, 11) is 0. The largest absolute Gasteiger partial charge is 0.385 e. The Morgan fingerprint density at radius 3 is 3.15 bits per heavy atom. The Hall–Kier alpha value is -1.28. The average molecular weight is 174 g/mol. The van der Waals surface area contributed by atoms with Crippen molar-refractivity contribution >= 4 is 11.8 Å². The molecule has 1 heterocycles. The Kier molecular flexibility index (Phi) is 2.07. The lowest BCUT2D eigenvalue weighted by Crippen LogP contribution is -2.22. The minimum Gasteiger partial charge on any atom is -0.385 e. The molecule has 2 nitrogen and oxygen atoms in total. The lowest BCUT2D eigenvalue weighted by molar-refractivity contribution is 0.655. The molecule has 1 aromatic rings. The third-order valence-electron chi connectivity index (χ3n) is 2.48. The molecule has 1 unspecified atom stereocenters. The highest BCUT2D eigenvalue weighted by Crippen LogP contribution is 2.28. The highest BCUT2D eigenvalue weighted by atomic mass is 14.9. The molecule has 1 aliphatic rings. The second-order valence-corrected chi connectivity index (χ2v) is 3.37. The second-order valence-electron chi connectivity index (χ2n) is 3.37. The van der Waals surface area contributed by atoms with Crippen LogP contribution >= 0.6 is 0 Å². The van der Waals surface area contributed by atoms with Crippen molar-refractivity contribution in [1.29, 1.82) is 0 Å². The van der Waals surface area contributed by atoms with E-state index >= 15 is 0 Å². The van der Waals surface area contributed by atoms with E-state index in [0.29, 0.717) is 0 Å². The molecule has 2 heteroatoms. The Bertz CT molecular complexity index is 331. The summed E-state index contributed by atoms with van der Waals surface area (Å²) in [4.78, 5) is 0. The van der Waals surface area contributed by atoms with Gasteiger partial charge in [0, 0.05) is 18.3 Å². The molecule has 0 saturated carbocycles. The molecule has 0 radical (unpaired) electrons. The van der Waals surface area contributed by atoms with Gasteiger partial charge in [0.15, 0.2) is 0 Å². The van der Waals surface area contributed by atoms with E-state index in [1.165, 1.54) is 11.3 Å². The zero-order valence-electron chi connectivity index (χ0n) is 7.59. The molecule has 0 saturated heterocycles. The van der Waals surface area contributed by atoms with Gasteiger partial charge in [-0.2, -0.15) is 0 Å². The second kappa shape index (κ2) is 3.23. The van der Waals surface area contributed by atoms with Crippen LogP contribution < -0.4 is 11.1 Å². The Labute approximate surface area is 78.5 Å². The topological polar surface area (TPSA) is 38.0 Å². The first-order chi connectivity index (χ1) is 6.31. The predicted octanol–water partition coefficient (Wildman–Crippen LogP) is 2.15. The van der Waals surface area contributed by atoms with E-state index in [0.717, 1.165) is 18.5 Å². The molecule has 2 rings (SSSR count). The lowest BCUT2D eigenvalue weighted by Gasteiger charge is -2.23. The molecule has 0 fully saturated rings. The molecule has 0 amide bonds. The van der Waals surface area contributed by atoms with Gasteiger partial charge in [-0.05, 0) is 29.7 Å². The quantitative estimate of drug-likeness (QED) is 0.684. The van der Waals surface area contributed by atoms with Gasteiger partial charge >= 0.3 is 0 Å². The van der Waals surface area contributed by atoms with Crippen LogP contribution in [0.2, 0.25) is 0 Å². The first-order valence-electron chi connectivity index (χ1n) is 4.57. The summed E-state index contributed by atoms with van der Waals surface area (Å²) in [5, 5.41) is 3.33. The van der Waals surface area contributed by atoms with Crippen molar-refractivity contribution in [3.05, 3.63) is 35.9 Å². The standard InChI is InChI=1S/C11H14N2/c1-2-8-3-4-11-9(7-8)10(12)5-6-13-11/h2-4,7,10,13H,1,5-6,12H2. The molecule has 0 spiro atoms. The average Bonchev–Trinajstić information content (AvgIpc) is 2.18. The van der Waals surface area contributed by atoms with Crippen LogP contribution in [0.5, 0.6) is 0 Å². The zero-order valence-corrected chi connectivity index (χ0v) is 7.59. The number of nitrogens with two attached hydrogens (primary N) is 1. The van der Waals surface area contributed by atoms with Gasteiger partial charge in [-0.3, -0.25) is 0 Å². The Balaban J connectivity index is 2.46. The molecule has 0 aliphatic carbocycles. The van der Waals surface area contributed by atoms with Crippen molar-refractivity contribution in [1.82, 2.24) is 0 Å². The van der Waals surface area contributed by atoms with Crippen LogP contribution in [0.25, 0.3) is 6.08 Å². The fraction of sp³-hybridized carbons (Fsp3) is 0.273. The van der Waals surface area contributed by atoms with Crippen LogP contribution in [-0.2, 0) is 0 Å². The molecule has 1 aliphatic heterocycles. The van der Waals surface area contributed by atoms with Crippen molar-refractivity contribution in [2.24, 2.45) is 5.73 Å². The Morgan fingerprint density at radius 2 is 2.38 bits per heavy atom. The summed E-state index contributed by atoms with van der Waals surface area (Å²) in [5.41, 5.74) is 9.51. The van der Waals surface area contributed by atoms with E-state index in [1.54, 1.807) is 0 Å². The van der Waals surface area contributed by atoms with Gasteiger partial charge in [0.2, 0.25) is 0 Å². The van der Waals surface area contributed by atoms with E-state index < -0.39 is 0 Å². The maximum absolute atomic E-state index is 6.00. The number of benzene rings is 1. The van der Waals surface area contributed by atoms with Gasteiger partial charge in [0.05, 0.1) is 0 Å². The molecule has 0 bridgehead atoms. The summed E-state index contributed by atoms with van der Waals surface area (Å²) < 4.78 is 0. The van der Waals surface area contributed by atoms with Gasteiger partial charge < -0.3 is 11.1 Å². The number of fused-ring (bicyclic) bond motifs is 1. The van der Waals surface area contributed by atoms with E-state index in [-0.39, 0.29) is 6.04 Å². The van der Waals surface area contributed by atoms with Crippen molar-refractivity contribution in [3.8, 4) is 0 Å². The fourth-order valence-electron chi connectivity index (χ4n) is 1.69. The predicted molar refractivity (Wildman–Crippen MR) is 56.6 cm³/mol. The van der Waals surface area contributed by atoms with Crippen LogP contribution in [0.3, 0.4) is 0 Å². The summed E-state index contributed by atoms with van der Waals surface area (Å²) in [6.45, 7) is 4.72. The summed E-state index contributed by atoms with van der Waals surface area (Å²) in [5.74, 6) is 0. The van der Waals surface area contributed by atoms with Crippen LogP contribution in [0.1, 0.15) is 23.6 Å². The number of hydrogen-bond acceptors (Lipinski definition) is 2. The minimum atomic E-state index is 0.177. The molecule has 1 aromatic carbocycles. The van der Waals surface area contributed by atoms with E-state index in [2.05, 4.69) is 30.1 Å². The molecule has 13 heavy (non-hydrogen) atoms. The number of rotatable bonds is 1. The lowest BCUT2D eigenvalue weighted by atomic mass is 9.97. The highest BCUT2D eigenvalue weighted by Gasteiger charge is 2.15. The fourth-order valence-corrected chi connectivity index (χ4v) is 1.69. The molecular formula is C11H14N2. The molecule has 0 aromatic heterocycles. The van der Waals surface area contributed by atoms with Crippen molar-refractivity contribution in [2.45, 2.75) is 12.5 Å². The Morgan fingerprint density at radius 1 is 1.54 bits per heavy atom. The van der Waals surface area contributed by atoms with Gasteiger partial charge in [-0.15, -0.1) is 0 Å². The highest BCUT2D eigenvalue weighted by molar-refractivity contribution is 5.60. The van der Waals surface area contributed by atoms with Gasteiger partial charge in [0.1, 0.15) is 0 Å². The number of anilines is 1. The number of hydrogen-bond donors (Lipinski definition) is 2. The van der Waals surface area contributed by atoms with Crippen molar-refractivity contribution < 1.29 is 0 Å². The zero-order chi connectivity index (χ0) is 9.26. The maximum atomic E-state index is 6.00. The van der Waals surface area contributed by atoms with Crippen molar-refractivity contribution in [2.75, 3.05) is 11.9 Å². The van der Waals surface area contributed by atoms with Crippen LogP contribution in [0, 0.1) is 0 Å². The molecule has 3 N–H and O–H groups in total. The van der Waals surface area contributed by atoms with Gasteiger partial charge in [-0.25, -0.2) is 0 Å². The van der Waals surface area contributed by atoms with Crippen molar-refractivity contribution in [3.63, 3.8) is 0 Å². The summed E-state index contributed by atoms with van der Waals surface area (Å²) in [6, 6.07) is 6.41. The van der Waals surface area contributed by atoms with E-state index in [4.69, 9.17) is 5.73 Å². The SMILES string of the molecule is C=Cc1ccc2c(c1)C(N)CCN2. The molecular weight excluding hydrogens is 160 g/mol.